The second-order valence-corrected chi connectivity index (χ2v) is 4.46. The number of rotatable bonds is 0. The number of hydrogen-bond donors (Lipinski definition) is 0. The molecule has 0 saturated heterocycles. The predicted octanol–water partition coefficient (Wildman–Crippen LogP) is 1.14. The van der Waals surface area contributed by atoms with Crippen LogP contribution >= 0.6 is 0 Å². The molecule has 0 heterocycles. The molecule has 0 bridgehead atoms. The van der Waals surface area contributed by atoms with Gasteiger partial charge in [0.25, 0.3) is 0 Å². The third kappa shape index (κ3) is 1.54. The Labute approximate surface area is 75.7 Å². The van der Waals surface area contributed by atoms with Crippen LogP contribution in [0.15, 0.2) is 12.1 Å². The molecule has 0 spiro atoms. The van der Waals surface area contributed by atoms with Gasteiger partial charge in [-0.2, -0.15) is 0 Å². The van der Waals surface area contributed by atoms with Crippen molar-refractivity contribution >= 4 is 26.1 Å². The average Bonchev–Trinajstić information content (AvgIpc) is 1.82. The second-order valence-electron chi connectivity index (χ2n) is 2.81. The molecule has 1 heteroatoms. The summed E-state index contributed by atoms with van der Waals surface area (Å²) in [6, 6.07) is 4.51. The maximum atomic E-state index is 2.26. The van der Waals surface area contributed by atoms with E-state index in [2.05, 4.69) is 32.9 Å². The molecule has 1 aromatic rings. The summed E-state index contributed by atoms with van der Waals surface area (Å²) >= 11 is 1.24. The molecule has 0 nitrogen and oxygen atoms in total. The van der Waals surface area contributed by atoms with Gasteiger partial charge in [0.05, 0.1) is 0 Å². The van der Waals surface area contributed by atoms with Gasteiger partial charge >= 0.3 is 75.7 Å². The van der Waals surface area contributed by atoms with Gasteiger partial charge in [-0.3, -0.25) is 0 Å². The molecular weight excluding hydrogens is 227 g/mol. The van der Waals surface area contributed by atoms with E-state index < -0.39 is 0 Å². The zero-order valence-electron chi connectivity index (χ0n) is 6.73. The SMILES string of the molecule is Cc1cc(C)[c]([SnH])c(C)c1. The van der Waals surface area contributed by atoms with E-state index in [1.165, 1.54) is 39.2 Å². The molecule has 0 atom stereocenters. The maximum absolute atomic E-state index is 2.26. The molecule has 0 fully saturated rings. The summed E-state index contributed by atoms with van der Waals surface area (Å²) in [7, 11) is 0. The van der Waals surface area contributed by atoms with Crippen LogP contribution in [0, 0.1) is 20.8 Å². The van der Waals surface area contributed by atoms with Crippen molar-refractivity contribution in [3.8, 4) is 0 Å². The fourth-order valence-electron chi connectivity index (χ4n) is 1.19. The van der Waals surface area contributed by atoms with E-state index in [9.17, 15) is 0 Å². The topological polar surface area (TPSA) is 0 Å². The Morgan fingerprint density at radius 1 is 1.00 bits per heavy atom. The van der Waals surface area contributed by atoms with Gasteiger partial charge in [-0.25, -0.2) is 0 Å². The van der Waals surface area contributed by atoms with E-state index in [1.54, 1.807) is 3.58 Å². The molecule has 0 aliphatic carbocycles. The van der Waals surface area contributed by atoms with Crippen molar-refractivity contribution in [2.75, 3.05) is 0 Å². The molecule has 0 amide bonds. The summed E-state index contributed by atoms with van der Waals surface area (Å²) in [6.45, 7) is 6.54. The first-order valence-electron chi connectivity index (χ1n) is 3.44. The first kappa shape index (κ1) is 8.12. The monoisotopic (exact) mass is 240 g/mol. The fourth-order valence-corrected chi connectivity index (χ4v) is 1.67. The van der Waals surface area contributed by atoms with Crippen molar-refractivity contribution in [1.29, 1.82) is 0 Å². The molecular formula is C9H12Sn. The summed E-state index contributed by atoms with van der Waals surface area (Å²) in [5, 5.41) is 0. The van der Waals surface area contributed by atoms with E-state index in [0.717, 1.165) is 0 Å². The Morgan fingerprint density at radius 3 is 1.80 bits per heavy atom. The van der Waals surface area contributed by atoms with Gasteiger partial charge in [-0.15, -0.1) is 0 Å². The van der Waals surface area contributed by atoms with E-state index in [0.29, 0.717) is 0 Å². The molecule has 10 heavy (non-hydrogen) atoms. The molecule has 0 saturated carbocycles. The third-order valence-electron chi connectivity index (χ3n) is 1.74. The Hall–Kier alpha value is 0.0187. The molecule has 0 aromatic heterocycles. The van der Waals surface area contributed by atoms with E-state index in [1.807, 2.05) is 0 Å². The Morgan fingerprint density at radius 2 is 1.40 bits per heavy atom. The number of hydrogen-bond acceptors (Lipinski definition) is 0. The Bertz CT molecular complexity index is 228. The average molecular weight is 239 g/mol. The first-order valence-corrected chi connectivity index (χ1v) is 5.09. The quantitative estimate of drug-likeness (QED) is 0.595. The predicted molar refractivity (Wildman–Crippen MR) is 47.4 cm³/mol. The van der Waals surface area contributed by atoms with Crippen LogP contribution in [0.1, 0.15) is 16.7 Å². The van der Waals surface area contributed by atoms with Crippen LogP contribution in [0.3, 0.4) is 0 Å². The van der Waals surface area contributed by atoms with Gasteiger partial charge in [0.2, 0.25) is 0 Å². The van der Waals surface area contributed by atoms with Gasteiger partial charge in [0, 0.05) is 0 Å². The summed E-state index contributed by atoms with van der Waals surface area (Å²) in [6.07, 6.45) is 0. The second kappa shape index (κ2) is 2.95. The van der Waals surface area contributed by atoms with Crippen LogP contribution in [0.25, 0.3) is 0 Å². The van der Waals surface area contributed by atoms with Crippen molar-refractivity contribution in [1.82, 2.24) is 0 Å². The van der Waals surface area contributed by atoms with Crippen molar-refractivity contribution in [3.63, 3.8) is 0 Å². The van der Waals surface area contributed by atoms with Gasteiger partial charge in [-0.05, 0) is 0 Å². The van der Waals surface area contributed by atoms with Crippen molar-refractivity contribution in [2.24, 2.45) is 0 Å². The van der Waals surface area contributed by atoms with Gasteiger partial charge in [0.15, 0.2) is 0 Å². The standard InChI is InChI=1S/C9H11.Sn.H/c1-7-4-8(2)6-9(3)5-7;;/h4-5H,1-3H3;;. The molecule has 0 aliphatic rings. The molecule has 0 aliphatic heterocycles. The van der Waals surface area contributed by atoms with Crippen molar-refractivity contribution in [2.45, 2.75) is 20.8 Å². The molecule has 1 rings (SSSR count). The molecule has 0 N–H and O–H groups in total. The summed E-state index contributed by atoms with van der Waals surface area (Å²) in [5.74, 6) is 0. The normalized spacial score (nSPS) is 10.0. The van der Waals surface area contributed by atoms with Gasteiger partial charge in [-0.1, -0.05) is 0 Å². The van der Waals surface area contributed by atoms with E-state index >= 15 is 0 Å². The third-order valence-corrected chi connectivity index (χ3v) is 4.34. The summed E-state index contributed by atoms with van der Waals surface area (Å²) in [5.41, 5.74) is 4.30. The Kier molecular flexibility index (Phi) is 2.40. The van der Waals surface area contributed by atoms with Crippen LogP contribution in [0.2, 0.25) is 0 Å². The van der Waals surface area contributed by atoms with Gasteiger partial charge < -0.3 is 0 Å². The Balaban J connectivity index is 3.31. The minimum absolute atomic E-state index is 1.24. The first-order chi connectivity index (χ1) is 4.61. The van der Waals surface area contributed by atoms with Crippen molar-refractivity contribution in [3.05, 3.63) is 28.8 Å². The van der Waals surface area contributed by atoms with Crippen LogP contribution in [-0.4, -0.2) is 22.5 Å². The van der Waals surface area contributed by atoms with Crippen LogP contribution < -0.4 is 3.58 Å². The van der Waals surface area contributed by atoms with Gasteiger partial charge in [0.1, 0.15) is 0 Å². The number of aryl methyl sites for hydroxylation is 3. The number of benzene rings is 1. The minimum atomic E-state index is 1.24. The van der Waals surface area contributed by atoms with Crippen LogP contribution in [0.4, 0.5) is 0 Å². The molecule has 52 valence electrons. The fraction of sp³-hybridized carbons (Fsp3) is 0.333. The van der Waals surface area contributed by atoms with Crippen LogP contribution in [0.5, 0.6) is 0 Å². The van der Waals surface area contributed by atoms with Crippen molar-refractivity contribution < 1.29 is 0 Å². The van der Waals surface area contributed by atoms with Crippen LogP contribution in [-0.2, 0) is 0 Å². The summed E-state index contributed by atoms with van der Waals surface area (Å²) < 4.78 is 1.55. The molecule has 2 radical (unpaired) electrons. The zero-order chi connectivity index (χ0) is 7.72. The zero-order valence-corrected chi connectivity index (χ0v) is 10.0. The molecule has 0 unspecified atom stereocenters. The summed E-state index contributed by atoms with van der Waals surface area (Å²) in [4.78, 5) is 0. The van der Waals surface area contributed by atoms with E-state index in [-0.39, 0.29) is 0 Å². The van der Waals surface area contributed by atoms with E-state index in [4.69, 9.17) is 0 Å². The molecule has 1 aromatic carbocycles.